The van der Waals surface area contributed by atoms with Gasteiger partial charge in [-0.05, 0) is 31.1 Å². The molecule has 350 valence electrons. The van der Waals surface area contributed by atoms with Crippen LogP contribution in [0.5, 0.6) is 0 Å². The van der Waals surface area contributed by atoms with Gasteiger partial charge in [0.15, 0.2) is 6.10 Å². The molecule has 0 N–H and O–H groups in total. The second-order valence-corrected chi connectivity index (χ2v) is 19.1. The lowest BCUT2D eigenvalue weighted by Crippen LogP contribution is -2.30. The van der Waals surface area contributed by atoms with Crippen LogP contribution in [0.25, 0.3) is 0 Å². The highest BCUT2D eigenvalue weighted by Gasteiger charge is 2.19. The summed E-state index contributed by atoms with van der Waals surface area (Å²) in [5.41, 5.74) is 0. The van der Waals surface area contributed by atoms with Crippen LogP contribution in [0.2, 0.25) is 0 Å². The number of ether oxygens (including phenoxy) is 3. The Kier molecular flexibility index (Phi) is 44.7. The van der Waals surface area contributed by atoms with Crippen molar-refractivity contribution in [3.63, 3.8) is 0 Å². The van der Waals surface area contributed by atoms with Crippen LogP contribution in [0, 0.1) is 11.8 Å². The van der Waals surface area contributed by atoms with Crippen molar-refractivity contribution in [2.75, 3.05) is 13.2 Å². The van der Waals surface area contributed by atoms with Crippen molar-refractivity contribution < 1.29 is 28.6 Å². The molecule has 6 heteroatoms. The van der Waals surface area contributed by atoms with E-state index in [1.165, 1.54) is 180 Å². The first kappa shape index (κ1) is 57.4. The van der Waals surface area contributed by atoms with E-state index in [-0.39, 0.29) is 31.1 Å². The minimum Gasteiger partial charge on any atom is -0.462 e. The number of esters is 3. The molecule has 0 rings (SSSR count). The van der Waals surface area contributed by atoms with Gasteiger partial charge in [0.2, 0.25) is 0 Å². The average Bonchev–Trinajstić information content (AvgIpc) is 3.20. The van der Waals surface area contributed by atoms with Gasteiger partial charge in [-0.25, -0.2) is 0 Å². The molecular weight excluding hydrogens is 733 g/mol. The van der Waals surface area contributed by atoms with E-state index in [0.29, 0.717) is 19.3 Å². The number of hydrogen-bond donors (Lipinski definition) is 0. The summed E-state index contributed by atoms with van der Waals surface area (Å²) < 4.78 is 16.8. The normalized spacial score (nSPS) is 12.1. The van der Waals surface area contributed by atoms with Crippen molar-refractivity contribution in [1.82, 2.24) is 0 Å². The van der Waals surface area contributed by atoms with Crippen LogP contribution in [0.3, 0.4) is 0 Å². The van der Waals surface area contributed by atoms with Crippen molar-refractivity contribution in [3.05, 3.63) is 0 Å². The molecule has 0 bridgehead atoms. The average molecular weight is 835 g/mol. The molecule has 0 aliphatic carbocycles. The third kappa shape index (κ3) is 47.3. The zero-order valence-corrected chi connectivity index (χ0v) is 40.4. The van der Waals surface area contributed by atoms with E-state index in [1.807, 2.05) is 0 Å². The first-order valence-electron chi connectivity index (χ1n) is 26.2. The Morgan fingerprint density at radius 3 is 0.831 bits per heavy atom. The van der Waals surface area contributed by atoms with Crippen LogP contribution in [-0.4, -0.2) is 37.2 Å². The van der Waals surface area contributed by atoms with E-state index in [4.69, 9.17) is 14.2 Å². The van der Waals surface area contributed by atoms with Gasteiger partial charge in [0.1, 0.15) is 13.2 Å². The van der Waals surface area contributed by atoms with E-state index in [9.17, 15) is 14.4 Å². The largest absolute Gasteiger partial charge is 0.462 e. The van der Waals surface area contributed by atoms with Gasteiger partial charge in [0, 0.05) is 19.3 Å². The fourth-order valence-electron chi connectivity index (χ4n) is 7.99. The van der Waals surface area contributed by atoms with Gasteiger partial charge in [-0.15, -0.1) is 0 Å². The summed E-state index contributed by atoms with van der Waals surface area (Å²) in [6, 6.07) is 0. The van der Waals surface area contributed by atoms with E-state index >= 15 is 0 Å². The highest BCUT2D eigenvalue weighted by Crippen LogP contribution is 2.17. The number of carbonyl (C=O) groups is 3. The highest BCUT2D eigenvalue weighted by atomic mass is 16.6. The number of hydrogen-bond acceptors (Lipinski definition) is 6. The molecule has 6 nitrogen and oxygen atoms in total. The first-order chi connectivity index (χ1) is 28.7. The molecule has 0 spiro atoms. The summed E-state index contributed by atoms with van der Waals surface area (Å²) in [4.78, 5) is 37.9. The Bertz CT molecular complexity index is 900. The summed E-state index contributed by atoms with van der Waals surface area (Å²) in [7, 11) is 0. The van der Waals surface area contributed by atoms with Crippen LogP contribution in [0.15, 0.2) is 0 Å². The third-order valence-electron chi connectivity index (χ3n) is 12.0. The number of rotatable bonds is 47. The lowest BCUT2D eigenvalue weighted by Gasteiger charge is -2.18. The standard InChI is InChI=1S/C53H102O6/c1-6-7-8-9-10-21-30-35-40-45-53(56)59-50(47-58-52(55)44-39-34-29-25-20-16-18-23-27-32-37-42-49(4)5)46-57-51(54)43-38-33-28-24-19-15-13-11-12-14-17-22-26-31-36-41-48(2)3/h48-50H,6-47H2,1-5H3/t50-/m1/s1. The SMILES string of the molecule is CCCCCCCCCCCC(=O)O[C@H](COC(=O)CCCCCCCCCCCCCCCCCC(C)C)COC(=O)CCCCCCCCCCCCCC(C)C. The summed E-state index contributed by atoms with van der Waals surface area (Å²) in [6.45, 7) is 11.4. The Hall–Kier alpha value is -1.59. The molecule has 0 aliphatic heterocycles. The quantitative estimate of drug-likeness (QED) is 0.0345. The maximum absolute atomic E-state index is 12.7. The maximum atomic E-state index is 12.7. The molecule has 0 saturated heterocycles. The van der Waals surface area contributed by atoms with Crippen molar-refractivity contribution in [3.8, 4) is 0 Å². The van der Waals surface area contributed by atoms with E-state index < -0.39 is 6.10 Å². The summed E-state index contributed by atoms with van der Waals surface area (Å²) in [6.07, 6.45) is 46.6. The minimum absolute atomic E-state index is 0.0636. The molecule has 0 fully saturated rings. The Morgan fingerprint density at radius 1 is 0.322 bits per heavy atom. The predicted octanol–water partition coefficient (Wildman–Crippen LogP) is 16.9. The maximum Gasteiger partial charge on any atom is 0.306 e. The Morgan fingerprint density at radius 2 is 0.559 bits per heavy atom. The molecule has 0 aromatic rings. The molecule has 0 amide bonds. The van der Waals surface area contributed by atoms with Crippen molar-refractivity contribution in [2.24, 2.45) is 11.8 Å². The fourth-order valence-corrected chi connectivity index (χ4v) is 7.99. The fraction of sp³-hybridized carbons (Fsp3) is 0.943. The van der Waals surface area contributed by atoms with Crippen molar-refractivity contribution in [2.45, 2.75) is 298 Å². The van der Waals surface area contributed by atoms with Crippen LogP contribution in [0.1, 0.15) is 291 Å². The molecule has 0 saturated carbocycles. The van der Waals surface area contributed by atoms with Gasteiger partial charge in [-0.3, -0.25) is 14.4 Å². The lowest BCUT2D eigenvalue weighted by atomic mass is 10.0. The van der Waals surface area contributed by atoms with Crippen molar-refractivity contribution >= 4 is 17.9 Å². The molecule has 59 heavy (non-hydrogen) atoms. The zero-order valence-electron chi connectivity index (χ0n) is 40.4. The molecule has 0 aromatic carbocycles. The van der Waals surface area contributed by atoms with Gasteiger partial charge >= 0.3 is 17.9 Å². The van der Waals surface area contributed by atoms with Crippen LogP contribution in [0.4, 0.5) is 0 Å². The number of carbonyl (C=O) groups excluding carboxylic acids is 3. The molecule has 0 radical (unpaired) electrons. The zero-order chi connectivity index (χ0) is 43.3. The van der Waals surface area contributed by atoms with Crippen molar-refractivity contribution in [1.29, 1.82) is 0 Å². The second kappa shape index (κ2) is 45.9. The van der Waals surface area contributed by atoms with Crippen LogP contribution >= 0.6 is 0 Å². The molecule has 0 aliphatic rings. The highest BCUT2D eigenvalue weighted by molar-refractivity contribution is 5.71. The topological polar surface area (TPSA) is 78.9 Å². The molecule has 0 heterocycles. The predicted molar refractivity (Wildman–Crippen MR) is 252 cm³/mol. The number of unbranched alkanes of at least 4 members (excludes halogenated alkanes) is 32. The van der Waals surface area contributed by atoms with Gasteiger partial charge in [0.05, 0.1) is 0 Å². The van der Waals surface area contributed by atoms with Gasteiger partial charge < -0.3 is 14.2 Å². The second-order valence-electron chi connectivity index (χ2n) is 19.1. The molecule has 1 atom stereocenters. The Balaban J connectivity index is 4.22. The monoisotopic (exact) mass is 835 g/mol. The smallest absolute Gasteiger partial charge is 0.306 e. The first-order valence-corrected chi connectivity index (χ1v) is 26.2. The third-order valence-corrected chi connectivity index (χ3v) is 12.0. The van der Waals surface area contributed by atoms with E-state index in [0.717, 1.165) is 69.6 Å². The summed E-state index contributed by atoms with van der Waals surface area (Å²) in [5, 5.41) is 0. The van der Waals surface area contributed by atoms with E-state index in [1.54, 1.807) is 0 Å². The van der Waals surface area contributed by atoms with Gasteiger partial charge in [0.25, 0.3) is 0 Å². The molecule has 0 aromatic heterocycles. The summed E-state index contributed by atoms with van der Waals surface area (Å²) in [5.74, 6) is 0.826. The summed E-state index contributed by atoms with van der Waals surface area (Å²) >= 11 is 0. The molecular formula is C53H102O6. The van der Waals surface area contributed by atoms with Crippen LogP contribution in [-0.2, 0) is 28.6 Å². The molecule has 0 unspecified atom stereocenters. The van der Waals surface area contributed by atoms with Crippen LogP contribution < -0.4 is 0 Å². The minimum atomic E-state index is -0.760. The lowest BCUT2D eigenvalue weighted by molar-refractivity contribution is -0.167. The van der Waals surface area contributed by atoms with E-state index in [2.05, 4.69) is 34.6 Å². The van der Waals surface area contributed by atoms with Gasteiger partial charge in [-0.2, -0.15) is 0 Å². The Labute approximate surface area is 368 Å². The van der Waals surface area contributed by atoms with Gasteiger partial charge in [-0.1, -0.05) is 253 Å².